The fourth-order valence-electron chi connectivity index (χ4n) is 4.21. The summed E-state index contributed by atoms with van der Waals surface area (Å²) in [4.78, 5) is 33.5. The van der Waals surface area contributed by atoms with Gasteiger partial charge in [-0.25, -0.2) is 14.5 Å². The average Bonchev–Trinajstić information content (AvgIpc) is 3.50. The molecule has 34 heavy (non-hydrogen) atoms. The molecule has 3 aromatic heterocycles. The number of carbonyl (C=O) groups excluding carboxylic acids is 2. The number of aryl methyl sites for hydroxylation is 1. The Morgan fingerprint density at radius 2 is 2.09 bits per heavy atom. The van der Waals surface area contributed by atoms with Crippen LogP contribution in [0.15, 0.2) is 36.7 Å². The van der Waals surface area contributed by atoms with Gasteiger partial charge in [-0.15, -0.1) is 5.10 Å². The third-order valence-electron chi connectivity index (χ3n) is 6.07. The van der Waals surface area contributed by atoms with Crippen LogP contribution in [-0.2, 0) is 21.3 Å². The number of carbonyl (C=O) groups is 2. The van der Waals surface area contributed by atoms with E-state index in [1.54, 1.807) is 44.4 Å². The minimum absolute atomic E-state index is 0.150. The monoisotopic (exact) mass is 483 g/mol. The lowest BCUT2D eigenvalue weighted by atomic mass is 9.74. The molecule has 1 aliphatic carbocycles. The van der Waals surface area contributed by atoms with Crippen LogP contribution in [0, 0.1) is 5.92 Å². The number of amides is 2. The van der Waals surface area contributed by atoms with Crippen LogP contribution < -0.4 is 10.6 Å². The van der Waals surface area contributed by atoms with Crippen LogP contribution in [0.4, 0.5) is 16.3 Å². The molecule has 6 rings (SSSR count). The Morgan fingerprint density at radius 1 is 1.26 bits per heavy atom. The van der Waals surface area contributed by atoms with Crippen molar-refractivity contribution >= 4 is 35.1 Å². The molecular weight excluding hydrogens is 462 g/mol. The number of anilines is 2. The highest BCUT2D eigenvalue weighted by Crippen LogP contribution is 2.48. The molecule has 2 N–H and O–H groups in total. The maximum absolute atomic E-state index is 12.6. The Kier molecular flexibility index (Phi) is 5.66. The highest BCUT2D eigenvalue weighted by Gasteiger charge is 2.57. The largest absolute Gasteiger partial charge is 0.441 e. The average molecular weight is 484 g/mol. The molecule has 5 heterocycles. The Labute approximate surface area is 199 Å². The first-order chi connectivity index (χ1) is 16.3. The van der Waals surface area contributed by atoms with E-state index in [1.807, 2.05) is 0 Å². The predicted octanol–water partition coefficient (Wildman–Crippen LogP) is 3.35. The summed E-state index contributed by atoms with van der Waals surface area (Å²) in [7, 11) is 1.63. The van der Waals surface area contributed by atoms with Gasteiger partial charge >= 0.3 is 6.09 Å². The number of ether oxygens (including phenoxy) is 2. The maximum atomic E-state index is 12.6. The Hall–Kier alpha value is -3.57. The van der Waals surface area contributed by atoms with E-state index in [0.29, 0.717) is 41.0 Å². The van der Waals surface area contributed by atoms with Crippen molar-refractivity contribution in [3.63, 3.8) is 0 Å². The Balaban J connectivity index is 1.26. The molecule has 0 unspecified atom stereocenters. The topological polar surface area (TPSA) is 133 Å². The van der Waals surface area contributed by atoms with E-state index in [-0.39, 0.29) is 11.1 Å². The summed E-state index contributed by atoms with van der Waals surface area (Å²) in [5.74, 6) is 0.644. The molecular formula is C22H22ClN7O4. The van der Waals surface area contributed by atoms with E-state index in [9.17, 15) is 9.59 Å². The third kappa shape index (κ3) is 4.08. The van der Waals surface area contributed by atoms with Gasteiger partial charge in [-0.05, 0) is 43.9 Å². The summed E-state index contributed by atoms with van der Waals surface area (Å²) in [6.45, 7) is 2.34. The second kappa shape index (κ2) is 8.65. The quantitative estimate of drug-likeness (QED) is 0.510. The van der Waals surface area contributed by atoms with Gasteiger partial charge in [0.25, 0.3) is 5.91 Å². The molecule has 2 saturated heterocycles. The molecule has 3 aromatic rings. The van der Waals surface area contributed by atoms with Crippen molar-refractivity contribution in [3.8, 4) is 11.4 Å². The lowest BCUT2D eigenvalue weighted by Gasteiger charge is -2.33. The number of nitrogens with one attached hydrogen (secondary N) is 2. The number of nitrogens with zero attached hydrogens (tertiary/aromatic N) is 5. The van der Waals surface area contributed by atoms with Crippen LogP contribution >= 0.6 is 11.6 Å². The number of aromatic nitrogens is 5. The summed E-state index contributed by atoms with van der Waals surface area (Å²) < 4.78 is 12.5. The molecule has 11 nitrogen and oxygen atoms in total. The van der Waals surface area contributed by atoms with E-state index >= 15 is 0 Å². The molecule has 1 atom stereocenters. The maximum Gasteiger partial charge on any atom is 0.413 e. The molecule has 0 spiro atoms. The molecule has 0 aromatic carbocycles. The van der Waals surface area contributed by atoms with Crippen LogP contribution in [0.2, 0.25) is 5.15 Å². The van der Waals surface area contributed by atoms with E-state index in [4.69, 9.17) is 21.1 Å². The molecule has 2 amide bonds. The van der Waals surface area contributed by atoms with Gasteiger partial charge in [-0.2, -0.15) is 0 Å². The Bertz CT molecular complexity index is 1230. The second-order valence-electron chi connectivity index (χ2n) is 8.43. The molecule has 3 fully saturated rings. The van der Waals surface area contributed by atoms with Gasteiger partial charge < -0.3 is 14.8 Å². The summed E-state index contributed by atoms with van der Waals surface area (Å²) >= 11 is 6.08. The molecule has 176 valence electrons. The number of fused-ring (bicyclic) bond motifs is 1. The van der Waals surface area contributed by atoms with Gasteiger partial charge in [-0.3, -0.25) is 15.1 Å². The SMILES string of the molecule is C[C@@H](OC(=O)Nc1c(-c2ccc(NC(=O)C34CC(CO3)C4)cn2)nnn1C)c1cccnc1Cl. The van der Waals surface area contributed by atoms with Crippen molar-refractivity contribution in [2.75, 3.05) is 17.2 Å². The van der Waals surface area contributed by atoms with E-state index in [1.165, 1.54) is 10.9 Å². The van der Waals surface area contributed by atoms with Crippen LogP contribution in [0.25, 0.3) is 11.4 Å². The van der Waals surface area contributed by atoms with Crippen molar-refractivity contribution in [3.05, 3.63) is 47.4 Å². The van der Waals surface area contributed by atoms with Crippen molar-refractivity contribution in [2.24, 2.45) is 13.0 Å². The first-order valence-corrected chi connectivity index (χ1v) is 11.1. The zero-order valence-corrected chi connectivity index (χ0v) is 19.2. The number of hydrogen-bond donors (Lipinski definition) is 2. The zero-order chi connectivity index (χ0) is 23.9. The fraction of sp³-hybridized carbons (Fsp3) is 0.364. The predicted molar refractivity (Wildman–Crippen MR) is 122 cm³/mol. The molecule has 0 radical (unpaired) electrons. The van der Waals surface area contributed by atoms with Crippen LogP contribution in [-0.4, -0.2) is 49.2 Å². The minimum atomic E-state index is -0.711. The van der Waals surface area contributed by atoms with Crippen molar-refractivity contribution in [2.45, 2.75) is 31.5 Å². The lowest BCUT2D eigenvalue weighted by Crippen LogP contribution is -2.47. The molecule has 2 bridgehead atoms. The van der Waals surface area contributed by atoms with Gasteiger partial charge in [-0.1, -0.05) is 22.9 Å². The van der Waals surface area contributed by atoms with Crippen LogP contribution in [0.3, 0.4) is 0 Å². The number of hydrogen-bond acceptors (Lipinski definition) is 8. The first kappa shape index (κ1) is 22.2. The molecule has 12 heteroatoms. The minimum Gasteiger partial charge on any atom is -0.441 e. The fourth-order valence-corrected chi connectivity index (χ4v) is 4.48. The van der Waals surface area contributed by atoms with Crippen molar-refractivity contribution < 1.29 is 19.1 Å². The van der Waals surface area contributed by atoms with Crippen molar-refractivity contribution in [1.82, 2.24) is 25.0 Å². The van der Waals surface area contributed by atoms with E-state index in [2.05, 4.69) is 30.9 Å². The lowest BCUT2D eigenvalue weighted by molar-refractivity contribution is -0.137. The van der Waals surface area contributed by atoms with Crippen LogP contribution in [0.1, 0.15) is 31.4 Å². The number of halogens is 1. The molecule has 1 saturated carbocycles. The van der Waals surface area contributed by atoms with Gasteiger partial charge in [0.05, 0.1) is 24.2 Å². The van der Waals surface area contributed by atoms with Gasteiger partial charge in [0.1, 0.15) is 16.9 Å². The van der Waals surface area contributed by atoms with Gasteiger partial charge in [0.2, 0.25) is 0 Å². The standard InChI is InChI=1S/C22H22ClN7O4/c1-12(15-4-3-7-24-18(15)23)34-21(32)27-19-17(28-29-30(19)2)16-6-5-14(10-25-16)26-20(31)22-8-13(9-22)11-33-22/h3-7,10,12-13H,8-9,11H2,1-2H3,(H,26,31)(H,27,32)/t12-,13?,22?/m1/s1. The number of rotatable bonds is 6. The van der Waals surface area contributed by atoms with E-state index in [0.717, 1.165) is 12.8 Å². The molecule has 2 aliphatic heterocycles. The first-order valence-electron chi connectivity index (χ1n) is 10.7. The highest BCUT2D eigenvalue weighted by molar-refractivity contribution is 6.30. The summed E-state index contributed by atoms with van der Waals surface area (Å²) in [6.07, 6.45) is 3.28. The Morgan fingerprint density at radius 3 is 2.76 bits per heavy atom. The third-order valence-corrected chi connectivity index (χ3v) is 6.38. The summed E-state index contributed by atoms with van der Waals surface area (Å²) in [5.41, 5.74) is 1.25. The van der Waals surface area contributed by atoms with Crippen LogP contribution in [0.5, 0.6) is 0 Å². The molecule has 3 aliphatic rings. The summed E-state index contributed by atoms with van der Waals surface area (Å²) in [5, 5.41) is 13.9. The van der Waals surface area contributed by atoms with Gasteiger partial charge in [0.15, 0.2) is 11.5 Å². The normalized spacial score (nSPS) is 21.4. The second-order valence-corrected chi connectivity index (χ2v) is 8.79. The van der Waals surface area contributed by atoms with E-state index < -0.39 is 17.8 Å². The van der Waals surface area contributed by atoms with Gasteiger partial charge in [0, 0.05) is 18.8 Å². The van der Waals surface area contributed by atoms with Crippen molar-refractivity contribution in [1.29, 1.82) is 0 Å². The zero-order valence-electron chi connectivity index (χ0n) is 18.5. The smallest absolute Gasteiger partial charge is 0.413 e. The number of pyridine rings is 2. The summed E-state index contributed by atoms with van der Waals surface area (Å²) in [6, 6.07) is 6.84. The highest BCUT2D eigenvalue weighted by atomic mass is 35.5.